The first kappa shape index (κ1) is 22.3. The predicted octanol–water partition coefficient (Wildman–Crippen LogP) is 5.90. The van der Waals surface area contributed by atoms with Gasteiger partial charge in [0.25, 0.3) is 5.91 Å². The number of rotatable bonds is 8. The van der Waals surface area contributed by atoms with E-state index in [9.17, 15) is 9.18 Å². The van der Waals surface area contributed by atoms with E-state index in [-0.39, 0.29) is 11.7 Å². The van der Waals surface area contributed by atoms with Crippen molar-refractivity contribution in [3.8, 4) is 0 Å². The van der Waals surface area contributed by atoms with E-state index in [1.54, 1.807) is 41.4 Å². The molecule has 0 aliphatic carbocycles. The van der Waals surface area contributed by atoms with Crippen LogP contribution < -0.4 is 5.32 Å². The van der Waals surface area contributed by atoms with Crippen LogP contribution in [0, 0.1) is 5.82 Å². The van der Waals surface area contributed by atoms with Gasteiger partial charge in [-0.15, -0.1) is 11.3 Å². The second kappa shape index (κ2) is 10.2. The summed E-state index contributed by atoms with van der Waals surface area (Å²) in [6.07, 6.45) is 3.55. The average Bonchev–Trinajstić information content (AvgIpc) is 3.51. The van der Waals surface area contributed by atoms with Crippen LogP contribution in [0.2, 0.25) is 0 Å². The minimum atomic E-state index is -0.240. The van der Waals surface area contributed by atoms with Crippen molar-refractivity contribution >= 4 is 40.0 Å². The number of hydrogen-bond donors (Lipinski definition) is 1. The summed E-state index contributed by atoms with van der Waals surface area (Å²) in [4.78, 5) is 22.7. The van der Waals surface area contributed by atoms with E-state index in [2.05, 4.69) is 14.9 Å². The van der Waals surface area contributed by atoms with Crippen molar-refractivity contribution < 1.29 is 9.18 Å². The number of benzene rings is 2. The number of aromatic nitrogens is 3. The zero-order valence-corrected chi connectivity index (χ0v) is 19.8. The minimum Gasteiger partial charge on any atom is -0.347 e. The van der Waals surface area contributed by atoms with E-state index in [0.29, 0.717) is 24.4 Å². The Morgan fingerprint density at radius 2 is 1.82 bits per heavy atom. The molecule has 3 aromatic heterocycles. The fraction of sp³-hybridized carbons (Fsp3) is 0.115. The normalized spacial score (nSPS) is 11.1. The van der Waals surface area contributed by atoms with Gasteiger partial charge in [-0.3, -0.25) is 9.78 Å². The van der Waals surface area contributed by atoms with E-state index in [1.807, 2.05) is 54.0 Å². The predicted molar refractivity (Wildman–Crippen MR) is 135 cm³/mol. The maximum absolute atomic E-state index is 13.2. The lowest BCUT2D eigenvalue weighted by Crippen LogP contribution is -2.22. The molecule has 0 saturated carbocycles. The van der Waals surface area contributed by atoms with Gasteiger partial charge >= 0.3 is 0 Å². The number of nitrogens with one attached hydrogen (secondary N) is 1. The van der Waals surface area contributed by atoms with Gasteiger partial charge in [-0.1, -0.05) is 42.1 Å². The highest BCUT2D eigenvalue weighted by Crippen LogP contribution is 2.27. The molecule has 5 rings (SSSR count). The number of thioether (sulfide) groups is 1. The first-order chi connectivity index (χ1) is 16.7. The molecule has 5 aromatic rings. The highest BCUT2D eigenvalue weighted by atomic mass is 32.2. The number of fused-ring (bicyclic) bond motifs is 1. The summed E-state index contributed by atoms with van der Waals surface area (Å²) in [6.45, 7) is 1.13. The lowest BCUT2D eigenvalue weighted by Gasteiger charge is -2.10. The number of amides is 1. The first-order valence-corrected chi connectivity index (χ1v) is 12.6. The molecule has 0 unspecified atom stereocenters. The van der Waals surface area contributed by atoms with Gasteiger partial charge < -0.3 is 9.88 Å². The summed E-state index contributed by atoms with van der Waals surface area (Å²) in [5.41, 5.74) is 4.54. The Balaban J connectivity index is 1.31. The van der Waals surface area contributed by atoms with Crippen LogP contribution in [0.15, 0.2) is 89.7 Å². The highest BCUT2D eigenvalue weighted by molar-refractivity contribution is 7.98. The van der Waals surface area contributed by atoms with Crippen LogP contribution in [0.1, 0.15) is 26.4 Å². The minimum absolute atomic E-state index is 0.0900. The molecule has 3 heterocycles. The number of pyridine rings is 1. The van der Waals surface area contributed by atoms with Crippen LogP contribution in [0.3, 0.4) is 0 Å². The molecule has 0 radical (unpaired) electrons. The summed E-state index contributed by atoms with van der Waals surface area (Å²) in [5, 5.41) is 5.82. The summed E-state index contributed by atoms with van der Waals surface area (Å²) < 4.78 is 15.4. The van der Waals surface area contributed by atoms with E-state index in [4.69, 9.17) is 4.98 Å². The van der Waals surface area contributed by atoms with Crippen molar-refractivity contribution in [2.24, 2.45) is 0 Å². The first-order valence-electron chi connectivity index (χ1n) is 10.7. The fourth-order valence-corrected chi connectivity index (χ4v) is 5.18. The maximum atomic E-state index is 13.2. The van der Waals surface area contributed by atoms with Crippen molar-refractivity contribution in [3.63, 3.8) is 0 Å². The van der Waals surface area contributed by atoms with Gasteiger partial charge in [0.15, 0.2) is 5.16 Å². The molecule has 0 atom stereocenters. The van der Waals surface area contributed by atoms with E-state index < -0.39 is 0 Å². The van der Waals surface area contributed by atoms with Gasteiger partial charge in [-0.25, -0.2) is 9.37 Å². The zero-order valence-electron chi connectivity index (χ0n) is 18.1. The number of hydrogen-bond acceptors (Lipinski definition) is 5. The molecule has 2 aromatic carbocycles. The van der Waals surface area contributed by atoms with Crippen LogP contribution in [0.4, 0.5) is 4.39 Å². The third kappa shape index (κ3) is 5.18. The molecule has 1 N–H and O–H groups in total. The Kier molecular flexibility index (Phi) is 6.69. The zero-order chi connectivity index (χ0) is 23.3. The number of nitrogens with zero attached hydrogens (tertiary/aromatic N) is 3. The van der Waals surface area contributed by atoms with Gasteiger partial charge in [0.1, 0.15) is 5.82 Å². The second-order valence-electron chi connectivity index (χ2n) is 7.72. The smallest absolute Gasteiger partial charge is 0.251 e. The van der Waals surface area contributed by atoms with Crippen LogP contribution in [-0.2, 0) is 18.8 Å². The van der Waals surface area contributed by atoms with E-state index >= 15 is 0 Å². The molecule has 0 aliphatic rings. The summed E-state index contributed by atoms with van der Waals surface area (Å²) >= 11 is 3.23. The highest BCUT2D eigenvalue weighted by Gasteiger charge is 2.13. The third-order valence-electron chi connectivity index (χ3n) is 5.36. The van der Waals surface area contributed by atoms with Crippen LogP contribution >= 0.6 is 23.1 Å². The Morgan fingerprint density at radius 1 is 1.03 bits per heavy atom. The van der Waals surface area contributed by atoms with Crippen LogP contribution in [0.5, 0.6) is 0 Å². The number of imidazole rings is 1. The SMILES string of the molecule is O=C(NCc1cccs1)c1ccc(Cn2c(SCc3ccc(F)cc3)nc3ccncc32)cc1. The lowest BCUT2D eigenvalue weighted by molar-refractivity contribution is 0.0951. The summed E-state index contributed by atoms with van der Waals surface area (Å²) in [5.74, 6) is 0.351. The number of halogens is 1. The van der Waals surface area contributed by atoms with Crippen molar-refractivity contribution in [2.45, 2.75) is 24.0 Å². The molecule has 0 aliphatic heterocycles. The van der Waals surface area contributed by atoms with Gasteiger partial charge in [-0.2, -0.15) is 0 Å². The largest absolute Gasteiger partial charge is 0.347 e. The van der Waals surface area contributed by atoms with Gasteiger partial charge in [0.05, 0.1) is 30.3 Å². The Labute approximate surface area is 204 Å². The van der Waals surface area contributed by atoms with Crippen molar-refractivity contribution in [1.29, 1.82) is 0 Å². The topological polar surface area (TPSA) is 59.8 Å². The molecule has 0 spiro atoms. The summed E-state index contributed by atoms with van der Waals surface area (Å²) in [7, 11) is 0. The van der Waals surface area contributed by atoms with Crippen molar-refractivity contribution in [3.05, 3.63) is 112 Å². The number of carbonyl (C=O) groups is 1. The standard InChI is InChI=1S/C26H21FN4OS2/c27-21-9-5-19(6-10-21)17-34-26-30-23-11-12-28-15-24(23)31(26)16-18-3-7-20(8-4-18)25(32)29-14-22-2-1-13-33-22/h1-13,15H,14,16-17H2,(H,29,32). The number of thiophene rings is 1. The average molecular weight is 489 g/mol. The van der Waals surface area contributed by atoms with E-state index in [0.717, 1.165) is 32.2 Å². The molecule has 0 saturated heterocycles. The van der Waals surface area contributed by atoms with Crippen molar-refractivity contribution in [2.75, 3.05) is 0 Å². The quantitative estimate of drug-likeness (QED) is 0.276. The molecular formula is C26H21FN4OS2. The third-order valence-corrected chi connectivity index (χ3v) is 7.28. The van der Waals surface area contributed by atoms with Gasteiger partial charge in [0.2, 0.25) is 0 Å². The number of carbonyl (C=O) groups excluding carboxylic acids is 1. The fourth-order valence-electron chi connectivity index (χ4n) is 3.57. The van der Waals surface area contributed by atoms with Crippen LogP contribution in [-0.4, -0.2) is 20.4 Å². The summed E-state index contributed by atoms with van der Waals surface area (Å²) in [6, 6.07) is 20.0. The molecule has 5 nitrogen and oxygen atoms in total. The van der Waals surface area contributed by atoms with E-state index in [1.165, 1.54) is 12.1 Å². The van der Waals surface area contributed by atoms with Crippen LogP contribution in [0.25, 0.3) is 11.0 Å². The van der Waals surface area contributed by atoms with Gasteiger partial charge in [0, 0.05) is 22.4 Å². The molecular weight excluding hydrogens is 467 g/mol. The Bertz CT molecular complexity index is 1400. The molecule has 8 heteroatoms. The Morgan fingerprint density at radius 3 is 2.59 bits per heavy atom. The molecule has 170 valence electrons. The van der Waals surface area contributed by atoms with Crippen molar-refractivity contribution in [1.82, 2.24) is 19.9 Å². The maximum Gasteiger partial charge on any atom is 0.251 e. The molecule has 0 fully saturated rings. The molecule has 34 heavy (non-hydrogen) atoms. The Hall–Kier alpha value is -3.49. The molecule has 1 amide bonds. The van der Waals surface area contributed by atoms with Gasteiger partial charge in [-0.05, 0) is 52.9 Å². The molecule has 0 bridgehead atoms. The second-order valence-corrected chi connectivity index (χ2v) is 9.69. The monoisotopic (exact) mass is 488 g/mol. The lowest BCUT2D eigenvalue weighted by atomic mass is 10.1.